The Kier molecular flexibility index (Phi) is 8.71. The molecule has 2 amide bonds. The van der Waals surface area contributed by atoms with Crippen molar-refractivity contribution in [2.45, 2.75) is 39.0 Å². The molecule has 0 saturated carbocycles. The molecule has 140 valence electrons. The van der Waals surface area contributed by atoms with Crippen LogP contribution in [0.1, 0.15) is 25.8 Å². The Bertz CT molecular complexity index is 652. The van der Waals surface area contributed by atoms with Crippen LogP contribution in [0, 0.1) is 18.3 Å². The lowest BCUT2D eigenvalue weighted by Crippen LogP contribution is -2.53. The largest absolute Gasteiger partial charge is 0.467 e. The number of amides is 2. The van der Waals surface area contributed by atoms with Gasteiger partial charge in [0.1, 0.15) is 18.7 Å². The zero-order valence-corrected chi connectivity index (χ0v) is 15.2. The summed E-state index contributed by atoms with van der Waals surface area (Å²) >= 11 is 0. The fourth-order valence-corrected chi connectivity index (χ4v) is 2.14. The van der Waals surface area contributed by atoms with Crippen LogP contribution in [-0.2, 0) is 25.7 Å². The number of terminal acetylenes is 1. The zero-order valence-electron chi connectivity index (χ0n) is 15.2. The maximum atomic E-state index is 12.4. The Morgan fingerprint density at radius 2 is 1.81 bits per heavy atom. The zero-order chi connectivity index (χ0) is 19.5. The van der Waals surface area contributed by atoms with Gasteiger partial charge in [0.05, 0.1) is 7.11 Å². The highest BCUT2D eigenvalue weighted by molar-refractivity contribution is 5.89. The molecule has 0 aliphatic carbocycles. The highest BCUT2D eigenvalue weighted by Gasteiger charge is 2.29. The van der Waals surface area contributed by atoms with Crippen LogP contribution in [0.3, 0.4) is 0 Å². The number of carbonyl (C=O) groups excluding carboxylic acids is 3. The van der Waals surface area contributed by atoms with Gasteiger partial charge in [-0.05, 0) is 11.5 Å². The lowest BCUT2D eigenvalue weighted by atomic mass is 10.0. The van der Waals surface area contributed by atoms with Crippen molar-refractivity contribution in [1.29, 1.82) is 0 Å². The standard InChI is InChI=1S/C19H24N2O5/c1-5-9-15(18(23)25-4)20-17(22)16(13(2)3)21-19(24)26-12-14-10-7-6-8-11-14/h1,6-8,10-11,13,15-16H,9,12H2,2-4H3,(H,20,22)(H,21,24)/t15-,16-/m1/s1. The molecule has 0 fully saturated rings. The number of hydrogen-bond acceptors (Lipinski definition) is 5. The molecule has 0 aliphatic heterocycles. The van der Waals surface area contributed by atoms with Gasteiger partial charge in [0, 0.05) is 6.42 Å². The predicted molar refractivity (Wildman–Crippen MR) is 95.8 cm³/mol. The number of rotatable bonds is 8. The van der Waals surface area contributed by atoms with Crippen molar-refractivity contribution in [3.8, 4) is 12.3 Å². The van der Waals surface area contributed by atoms with Gasteiger partial charge in [-0.25, -0.2) is 9.59 Å². The number of carbonyl (C=O) groups is 3. The molecular weight excluding hydrogens is 336 g/mol. The summed E-state index contributed by atoms with van der Waals surface area (Å²) in [5, 5.41) is 5.02. The van der Waals surface area contributed by atoms with Crippen molar-refractivity contribution in [1.82, 2.24) is 10.6 Å². The minimum absolute atomic E-state index is 0.0122. The first-order valence-electron chi connectivity index (χ1n) is 8.17. The molecule has 0 aromatic heterocycles. The molecule has 2 atom stereocenters. The Morgan fingerprint density at radius 1 is 1.15 bits per heavy atom. The Hall–Kier alpha value is -3.01. The SMILES string of the molecule is C#CC[C@@H](NC(=O)[C@H](NC(=O)OCc1ccccc1)C(C)C)C(=O)OC. The van der Waals surface area contributed by atoms with Gasteiger partial charge in [-0.15, -0.1) is 12.3 Å². The number of ether oxygens (including phenoxy) is 2. The van der Waals surface area contributed by atoms with Gasteiger partial charge in [0.2, 0.25) is 5.91 Å². The molecule has 26 heavy (non-hydrogen) atoms. The van der Waals surface area contributed by atoms with E-state index in [1.54, 1.807) is 13.8 Å². The van der Waals surface area contributed by atoms with Crippen LogP contribution in [0.15, 0.2) is 30.3 Å². The van der Waals surface area contributed by atoms with Crippen molar-refractivity contribution in [2.75, 3.05) is 7.11 Å². The molecule has 1 rings (SSSR count). The molecule has 7 heteroatoms. The first kappa shape index (κ1) is 21.0. The third-order valence-corrected chi connectivity index (χ3v) is 3.56. The van der Waals surface area contributed by atoms with Gasteiger partial charge in [0.25, 0.3) is 0 Å². The van der Waals surface area contributed by atoms with Gasteiger partial charge in [-0.3, -0.25) is 4.79 Å². The smallest absolute Gasteiger partial charge is 0.408 e. The summed E-state index contributed by atoms with van der Waals surface area (Å²) in [6, 6.07) is 7.31. The molecule has 2 N–H and O–H groups in total. The second kappa shape index (κ2) is 10.8. The van der Waals surface area contributed by atoms with E-state index in [0.29, 0.717) is 0 Å². The fraction of sp³-hybridized carbons (Fsp3) is 0.421. The molecule has 0 aliphatic rings. The van der Waals surface area contributed by atoms with E-state index in [4.69, 9.17) is 11.2 Å². The van der Waals surface area contributed by atoms with Gasteiger partial charge in [0.15, 0.2) is 0 Å². The summed E-state index contributed by atoms with van der Waals surface area (Å²) in [5.41, 5.74) is 0.827. The predicted octanol–water partition coefficient (Wildman–Crippen LogP) is 1.62. The summed E-state index contributed by atoms with van der Waals surface area (Å²) < 4.78 is 9.74. The maximum absolute atomic E-state index is 12.4. The van der Waals surface area contributed by atoms with Crippen LogP contribution in [0.4, 0.5) is 4.79 Å². The van der Waals surface area contributed by atoms with Crippen molar-refractivity contribution >= 4 is 18.0 Å². The molecule has 0 unspecified atom stereocenters. The van der Waals surface area contributed by atoms with Gasteiger partial charge in [-0.1, -0.05) is 44.2 Å². The Balaban J connectivity index is 2.66. The van der Waals surface area contributed by atoms with Crippen molar-refractivity contribution in [3.63, 3.8) is 0 Å². The van der Waals surface area contributed by atoms with E-state index in [0.717, 1.165) is 5.56 Å². The number of esters is 1. The van der Waals surface area contributed by atoms with Gasteiger partial charge >= 0.3 is 12.1 Å². The van der Waals surface area contributed by atoms with Crippen LogP contribution in [-0.4, -0.2) is 37.2 Å². The van der Waals surface area contributed by atoms with Gasteiger partial charge in [-0.2, -0.15) is 0 Å². The number of nitrogens with one attached hydrogen (secondary N) is 2. The molecule has 0 radical (unpaired) electrons. The summed E-state index contributed by atoms with van der Waals surface area (Å²) in [4.78, 5) is 36.1. The van der Waals surface area contributed by atoms with Crippen molar-refractivity contribution < 1.29 is 23.9 Å². The number of hydrogen-bond donors (Lipinski definition) is 2. The van der Waals surface area contributed by atoms with Crippen LogP contribution in [0.5, 0.6) is 0 Å². The number of methoxy groups -OCH3 is 1. The van der Waals surface area contributed by atoms with Crippen LogP contribution in [0.2, 0.25) is 0 Å². The lowest BCUT2D eigenvalue weighted by molar-refractivity contribution is -0.145. The highest BCUT2D eigenvalue weighted by atomic mass is 16.5. The average Bonchev–Trinajstić information content (AvgIpc) is 2.63. The third kappa shape index (κ3) is 6.85. The van der Waals surface area contributed by atoms with Crippen LogP contribution in [0.25, 0.3) is 0 Å². The van der Waals surface area contributed by atoms with Gasteiger partial charge < -0.3 is 20.1 Å². The van der Waals surface area contributed by atoms with E-state index in [-0.39, 0.29) is 18.9 Å². The minimum atomic E-state index is -0.971. The molecular formula is C19H24N2O5. The van der Waals surface area contributed by atoms with Crippen LogP contribution >= 0.6 is 0 Å². The van der Waals surface area contributed by atoms with E-state index in [2.05, 4.69) is 21.3 Å². The van der Waals surface area contributed by atoms with E-state index in [9.17, 15) is 14.4 Å². The molecule has 0 spiro atoms. The first-order chi connectivity index (χ1) is 12.4. The fourth-order valence-electron chi connectivity index (χ4n) is 2.14. The highest BCUT2D eigenvalue weighted by Crippen LogP contribution is 2.06. The summed E-state index contributed by atoms with van der Waals surface area (Å²) in [6.45, 7) is 3.60. The number of benzene rings is 1. The second-order valence-electron chi connectivity index (χ2n) is 5.92. The van der Waals surface area contributed by atoms with E-state index in [1.807, 2.05) is 30.3 Å². The Morgan fingerprint density at radius 3 is 2.35 bits per heavy atom. The first-order valence-corrected chi connectivity index (χ1v) is 8.17. The van der Waals surface area contributed by atoms with Crippen LogP contribution < -0.4 is 10.6 Å². The molecule has 0 heterocycles. The van der Waals surface area contributed by atoms with Crippen molar-refractivity contribution in [3.05, 3.63) is 35.9 Å². The second-order valence-corrected chi connectivity index (χ2v) is 5.92. The third-order valence-electron chi connectivity index (χ3n) is 3.56. The topological polar surface area (TPSA) is 93.7 Å². The molecule has 1 aromatic rings. The summed E-state index contributed by atoms with van der Waals surface area (Å²) in [5.74, 6) is 0.888. The molecule has 0 saturated heterocycles. The van der Waals surface area contributed by atoms with Crippen molar-refractivity contribution in [2.24, 2.45) is 5.92 Å². The minimum Gasteiger partial charge on any atom is -0.467 e. The quantitative estimate of drug-likeness (QED) is 0.543. The summed E-state index contributed by atoms with van der Waals surface area (Å²) in [6.07, 6.45) is 4.47. The lowest BCUT2D eigenvalue weighted by Gasteiger charge is -2.23. The molecule has 7 nitrogen and oxygen atoms in total. The van der Waals surface area contributed by atoms with E-state index >= 15 is 0 Å². The molecule has 0 bridgehead atoms. The average molecular weight is 360 g/mol. The maximum Gasteiger partial charge on any atom is 0.408 e. The van der Waals surface area contributed by atoms with E-state index in [1.165, 1.54) is 7.11 Å². The van der Waals surface area contributed by atoms with E-state index < -0.39 is 30.1 Å². The number of alkyl carbamates (subject to hydrolysis) is 1. The summed E-state index contributed by atoms with van der Waals surface area (Å²) in [7, 11) is 1.21. The monoisotopic (exact) mass is 360 g/mol. The Labute approximate surface area is 153 Å². The normalized spacial score (nSPS) is 12.4. The molecule has 1 aromatic carbocycles.